The van der Waals surface area contributed by atoms with Crippen LogP contribution in [-0.4, -0.2) is 22.5 Å². The maximum absolute atomic E-state index is 11.5. The maximum Gasteiger partial charge on any atom is 0.388 e. The number of aromatic nitrogens is 2. The van der Waals surface area contributed by atoms with Crippen LogP contribution in [0.15, 0.2) is 12.3 Å². The van der Waals surface area contributed by atoms with Crippen molar-refractivity contribution in [2.45, 2.75) is 6.61 Å². The number of hydrogen-bond acceptors (Lipinski definition) is 4. The summed E-state index contributed by atoms with van der Waals surface area (Å²) in [6.45, 7) is -2.78. The van der Waals surface area contributed by atoms with Crippen molar-refractivity contribution in [1.29, 1.82) is 0 Å². The lowest BCUT2D eigenvalue weighted by Crippen LogP contribution is -2.05. The summed E-state index contributed by atoms with van der Waals surface area (Å²) in [5, 5.41) is 3.63. The van der Waals surface area contributed by atoms with Crippen molar-refractivity contribution in [3.8, 4) is 5.88 Å². The van der Waals surface area contributed by atoms with Gasteiger partial charge in [-0.15, -0.1) is 0 Å². The Morgan fingerprint density at radius 3 is 2.46 bits per heavy atom. The summed E-state index contributed by atoms with van der Waals surface area (Å²) in [6.07, 6.45) is 1.64. The quantitative estimate of drug-likeness (QED) is 0.682. The average molecular weight is 192 g/mol. The van der Waals surface area contributed by atoms with Gasteiger partial charge in [-0.05, 0) is 0 Å². The molecule has 0 spiro atoms. The minimum absolute atomic E-state index is 0.0648. The largest absolute Gasteiger partial charge is 0.417 e. The van der Waals surface area contributed by atoms with Gasteiger partial charge in [-0.2, -0.15) is 23.5 Å². The summed E-state index contributed by atoms with van der Waals surface area (Å²) < 4.78 is 28.3. The Bertz CT molecular complexity index is 281. The zero-order valence-corrected chi connectivity index (χ0v) is 6.61. The van der Waals surface area contributed by atoms with Crippen LogP contribution in [0.25, 0.3) is 0 Å². The van der Waals surface area contributed by atoms with Gasteiger partial charge >= 0.3 is 12.8 Å². The fourth-order valence-corrected chi connectivity index (χ4v) is 0.569. The number of carbonyl (C=O) groups excluding carboxylic acids is 2. The highest BCUT2D eigenvalue weighted by Crippen LogP contribution is 2.10. The number of alkyl halides is 2. The molecule has 1 aromatic heterocycles. The van der Waals surface area contributed by atoms with E-state index in [1.54, 1.807) is 0 Å². The van der Waals surface area contributed by atoms with E-state index in [1.165, 1.54) is 24.0 Å². The van der Waals surface area contributed by atoms with Crippen molar-refractivity contribution in [2.24, 2.45) is 7.05 Å². The summed E-state index contributed by atoms with van der Waals surface area (Å²) in [4.78, 5) is 16.2. The highest BCUT2D eigenvalue weighted by atomic mass is 19.3. The predicted molar refractivity (Wildman–Crippen MR) is 34.8 cm³/mol. The Kier molecular flexibility index (Phi) is 5.06. The van der Waals surface area contributed by atoms with Gasteiger partial charge in [-0.25, -0.2) is 4.68 Å². The lowest BCUT2D eigenvalue weighted by Gasteiger charge is -2.01. The Morgan fingerprint density at radius 1 is 1.62 bits per heavy atom. The zero-order valence-electron chi connectivity index (χ0n) is 6.61. The number of rotatable bonds is 2. The molecule has 1 heterocycles. The van der Waals surface area contributed by atoms with Gasteiger partial charge in [0.1, 0.15) is 0 Å². The number of hydrogen-bond donors (Lipinski definition) is 0. The molecule has 0 atom stereocenters. The van der Waals surface area contributed by atoms with Crippen LogP contribution in [0.3, 0.4) is 0 Å². The molecular formula is C6H6F2N2O3. The molecule has 13 heavy (non-hydrogen) atoms. The van der Waals surface area contributed by atoms with E-state index in [9.17, 15) is 8.78 Å². The first-order valence-electron chi connectivity index (χ1n) is 3.04. The molecule has 1 aromatic rings. The number of aryl methyl sites for hydroxylation is 1. The standard InChI is InChI=1S/C5H6F2N2O.CO2/c1-9-4(2-3-8-9)10-5(6)7;2-1-3/h2-3,5H,1H3;. The second kappa shape index (κ2) is 5.84. The van der Waals surface area contributed by atoms with Crippen molar-refractivity contribution >= 4 is 6.15 Å². The molecule has 0 amide bonds. The third-order valence-corrected chi connectivity index (χ3v) is 0.986. The van der Waals surface area contributed by atoms with Gasteiger partial charge in [-0.1, -0.05) is 0 Å². The van der Waals surface area contributed by atoms with Crippen molar-refractivity contribution in [2.75, 3.05) is 0 Å². The van der Waals surface area contributed by atoms with E-state index >= 15 is 0 Å². The second-order valence-electron chi connectivity index (χ2n) is 1.75. The van der Waals surface area contributed by atoms with Gasteiger partial charge in [0, 0.05) is 13.1 Å². The van der Waals surface area contributed by atoms with Crippen LogP contribution in [0, 0.1) is 0 Å². The van der Waals surface area contributed by atoms with Crippen molar-refractivity contribution in [3.05, 3.63) is 12.3 Å². The van der Waals surface area contributed by atoms with Crippen LogP contribution in [-0.2, 0) is 16.6 Å². The monoisotopic (exact) mass is 192 g/mol. The molecule has 0 aliphatic rings. The summed E-state index contributed by atoms with van der Waals surface area (Å²) in [7, 11) is 1.53. The van der Waals surface area contributed by atoms with Crippen LogP contribution >= 0.6 is 0 Å². The van der Waals surface area contributed by atoms with Gasteiger partial charge in [0.2, 0.25) is 5.88 Å². The number of nitrogens with zero attached hydrogens (tertiary/aromatic N) is 2. The third-order valence-electron chi connectivity index (χ3n) is 0.986. The molecule has 0 aliphatic carbocycles. The molecule has 0 radical (unpaired) electrons. The zero-order chi connectivity index (χ0) is 10.3. The maximum atomic E-state index is 11.5. The van der Waals surface area contributed by atoms with E-state index in [1.807, 2.05) is 0 Å². The van der Waals surface area contributed by atoms with E-state index in [0.717, 1.165) is 0 Å². The van der Waals surface area contributed by atoms with Gasteiger partial charge in [0.05, 0.1) is 6.20 Å². The summed E-state index contributed by atoms with van der Waals surface area (Å²) in [5.41, 5.74) is 0. The first-order valence-corrected chi connectivity index (χ1v) is 3.04. The molecule has 72 valence electrons. The molecule has 0 saturated carbocycles. The Morgan fingerprint density at radius 2 is 2.15 bits per heavy atom. The second-order valence-corrected chi connectivity index (χ2v) is 1.75. The SMILES string of the molecule is Cn1nccc1OC(F)F.O=C=O. The molecule has 0 aromatic carbocycles. The normalized spacial score (nSPS) is 8.62. The Hall–Kier alpha value is -1.75. The molecule has 0 saturated heterocycles. The summed E-state index contributed by atoms with van der Waals surface area (Å²) in [5.74, 6) is 0.0648. The number of halogens is 2. The van der Waals surface area contributed by atoms with Crippen LogP contribution in [0.1, 0.15) is 0 Å². The van der Waals surface area contributed by atoms with Gasteiger partial charge in [0.25, 0.3) is 0 Å². The lowest BCUT2D eigenvalue weighted by atomic mass is 10.7. The highest BCUT2D eigenvalue weighted by Gasteiger charge is 2.05. The van der Waals surface area contributed by atoms with Crippen LogP contribution in [0.4, 0.5) is 8.78 Å². The van der Waals surface area contributed by atoms with Crippen LogP contribution < -0.4 is 4.74 Å². The molecule has 1 rings (SSSR count). The molecular weight excluding hydrogens is 186 g/mol. The van der Waals surface area contributed by atoms with Gasteiger partial charge in [-0.3, -0.25) is 0 Å². The molecule has 5 nitrogen and oxygen atoms in total. The van der Waals surface area contributed by atoms with E-state index in [0.29, 0.717) is 0 Å². The molecule has 0 N–H and O–H groups in total. The predicted octanol–water partition coefficient (Wildman–Crippen LogP) is 0.438. The minimum atomic E-state index is -2.78. The smallest absolute Gasteiger partial charge is 0.388 e. The first-order chi connectivity index (χ1) is 6.11. The minimum Gasteiger partial charge on any atom is -0.417 e. The molecule has 0 fully saturated rings. The van der Waals surface area contributed by atoms with Gasteiger partial charge < -0.3 is 4.74 Å². The number of ether oxygens (including phenoxy) is 1. The first kappa shape index (κ1) is 11.2. The summed E-state index contributed by atoms with van der Waals surface area (Å²) in [6, 6.07) is 1.37. The molecule has 0 bridgehead atoms. The van der Waals surface area contributed by atoms with E-state index in [2.05, 4.69) is 9.84 Å². The fraction of sp³-hybridized carbons (Fsp3) is 0.333. The summed E-state index contributed by atoms with van der Waals surface area (Å²) >= 11 is 0. The topological polar surface area (TPSA) is 61.2 Å². The van der Waals surface area contributed by atoms with Gasteiger partial charge in [0.15, 0.2) is 0 Å². The Labute approximate surface area is 71.9 Å². The molecule has 0 aliphatic heterocycles. The highest BCUT2D eigenvalue weighted by molar-refractivity contribution is 5.20. The van der Waals surface area contributed by atoms with Crippen molar-refractivity contribution < 1.29 is 23.1 Å². The lowest BCUT2D eigenvalue weighted by molar-refractivity contribution is -0.191. The molecule has 7 heteroatoms. The average Bonchev–Trinajstić information content (AvgIpc) is 2.37. The third kappa shape index (κ3) is 4.65. The fourth-order valence-electron chi connectivity index (χ4n) is 0.569. The van der Waals surface area contributed by atoms with Crippen LogP contribution in [0.2, 0.25) is 0 Å². The van der Waals surface area contributed by atoms with E-state index in [4.69, 9.17) is 9.59 Å². The Balaban J connectivity index is 0.000000424. The van der Waals surface area contributed by atoms with Crippen molar-refractivity contribution in [3.63, 3.8) is 0 Å². The van der Waals surface area contributed by atoms with Crippen molar-refractivity contribution in [1.82, 2.24) is 9.78 Å². The molecule has 0 unspecified atom stereocenters. The van der Waals surface area contributed by atoms with Crippen LogP contribution in [0.5, 0.6) is 5.88 Å². The van der Waals surface area contributed by atoms with E-state index in [-0.39, 0.29) is 12.0 Å². The van der Waals surface area contributed by atoms with E-state index < -0.39 is 6.61 Å².